The summed E-state index contributed by atoms with van der Waals surface area (Å²) in [4.78, 5) is 0. The molecule has 1 aromatic carbocycles. The molecule has 0 N–H and O–H groups in total. The van der Waals surface area contributed by atoms with E-state index in [0.29, 0.717) is 0 Å². The zero-order chi connectivity index (χ0) is 9.10. The molecule has 0 unspecified atom stereocenters. The number of aryl methyl sites for hydroxylation is 1. The van der Waals surface area contributed by atoms with Gasteiger partial charge < -0.3 is 4.74 Å². The SMILES string of the molecule is ClCCCc1ccc2c(c1)CCO2. The topological polar surface area (TPSA) is 9.23 Å². The van der Waals surface area contributed by atoms with Gasteiger partial charge in [0, 0.05) is 12.3 Å². The second kappa shape index (κ2) is 4.01. The number of benzene rings is 1. The van der Waals surface area contributed by atoms with Gasteiger partial charge in [0.1, 0.15) is 5.75 Å². The van der Waals surface area contributed by atoms with Crippen molar-refractivity contribution < 1.29 is 4.74 Å². The highest BCUT2D eigenvalue weighted by atomic mass is 35.5. The van der Waals surface area contributed by atoms with Gasteiger partial charge in [0.05, 0.1) is 6.61 Å². The molecule has 0 bridgehead atoms. The van der Waals surface area contributed by atoms with Crippen molar-refractivity contribution in [3.8, 4) is 5.75 Å². The van der Waals surface area contributed by atoms with Gasteiger partial charge in [-0.25, -0.2) is 0 Å². The van der Waals surface area contributed by atoms with Crippen molar-refractivity contribution in [2.45, 2.75) is 19.3 Å². The van der Waals surface area contributed by atoms with E-state index < -0.39 is 0 Å². The Balaban J connectivity index is 2.12. The van der Waals surface area contributed by atoms with Crippen LogP contribution in [0, 0.1) is 0 Å². The first-order chi connectivity index (χ1) is 6.40. The number of fused-ring (bicyclic) bond motifs is 1. The van der Waals surface area contributed by atoms with E-state index in [1.165, 1.54) is 11.1 Å². The van der Waals surface area contributed by atoms with E-state index >= 15 is 0 Å². The second-order valence-electron chi connectivity index (χ2n) is 3.33. The van der Waals surface area contributed by atoms with Gasteiger partial charge >= 0.3 is 0 Å². The number of alkyl halides is 1. The summed E-state index contributed by atoms with van der Waals surface area (Å²) in [7, 11) is 0. The number of halogens is 1. The van der Waals surface area contributed by atoms with Crippen LogP contribution in [0.2, 0.25) is 0 Å². The summed E-state index contributed by atoms with van der Waals surface area (Å²) in [5.74, 6) is 1.81. The Labute approximate surface area is 83.7 Å². The molecular formula is C11H13ClO. The van der Waals surface area contributed by atoms with Crippen molar-refractivity contribution >= 4 is 11.6 Å². The minimum absolute atomic E-state index is 0.744. The van der Waals surface area contributed by atoms with Crippen LogP contribution in [-0.2, 0) is 12.8 Å². The van der Waals surface area contributed by atoms with Gasteiger partial charge in [0.15, 0.2) is 0 Å². The van der Waals surface area contributed by atoms with Crippen LogP contribution in [0.15, 0.2) is 18.2 Å². The lowest BCUT2D eigenvalue weighted by atomic mass is 10.1. The molecule has 0 saturated heterocycles. The van der Waals surface area contributed by atoms with E-state index in [4.69, 9.17) is 16.3 Å². The van der Waals surface area contributed by atoms with E-state index in [2.05, 4.69) is 18.2 Å². The van der Waals surface area contributed by atoms with Crippen molar-refractivity contribution in [2.24, 2.45) is 0 Å². The molecule has 1 aliphatic rings. The molecule has 13 heavy (non-hydrogen) atoms. The Morgan fingerprint density at radius 3 is 3.15 bits per heavy atom. The summed E-state index contributed by atoms with van der Waals surface area (Å²) >= 11 is 5.64. The molecule has 70 valence electrons. The third-order valence-electron chi connectivity index (χ3n) is 2.35. The van der Waals surface area contributed by atoms with E-state index in [9.17, 15) is 0 Å². The van der Waals surface area contributed by atoms with Gasteiger partial charge in [-0.3, -0.25) is 0 Å². The van der Waals surface area contributed by atoms with Crippen LogP contribution in [-0.4, -0.2) is 12.5 Å². The molecule has 1 aromatic rings. The molecule has 1 nitrogen and oxygen atoms in total. The van der Waals surface area contributed by atoms with Gasteiger partial charge in [0.2, 0.25) is 0 Å². The molecule has 0 atom stereocenters. The summed E-state index contributed by atoms with van der Waals surface area (Å²) in [6.45, 7) is 0.842. The van der Waals surface area contributed by atoms with Gasteiger partial charge in [-0.15, -0.1) is 11.6 Å². The molecule has 1 aliphatic heterocycles. The van der Waals surface area contributed by atoms with Crippen molar-refractivity contribution in [2.75, 3.05) is 12.5 Å². The maximum Gasteiger partial charge on any atom is 0.122 e. The first-order valence-corrected chi connectivity index (χ1v) is 5.24. The molecule has 2 heteroatoms. The molecule has 0 amide bonds. The molecule has 0 radical (unpaired) electrons. The minimum Gasteiger partial charge on any atom is -0.493 e. The monoisotopic (exact) mass is 196 g/mol. The standard InChI is InChI=1S/C11H13ClO/c12-6-1-2-9-3-4-11-10(8-9)5-7-13-11/h3-4,8H,1-2,5-7H2. The second-order valence-corrected chi connectivity index (χ2v) is 3.71. The maximum atomic E-state index is 5.64. The minimum atomic E-state index is 0.744. The quantitative estimate of drug-likeness (QED) is 0.676. The molecular weight excluding hydrogens is 184 g/mol. The third-order valence-corrected chi connectivity index (χ3v) is 2.62. The van der Waals surface area contributed by atoms with Crippen LogP contribution < -0.4 is 4.74 Å². The van der Waals surface area contributed by atoms with Gasteiger partial charge in [-0.05, 0) is 30.0 Å². The highest BCUT2D eigenvalue weighted by Crippen LogP contribution is 2.26. The molecule has 1 heterocycles. The number of ether oxygens (including phenoxy) is 1. The zero-order valence-electron chi connectivity index (χ0n) is 7.55. The molecule has 0 fully saturated rings. The van der Waals surface area contributed by atoms with Gasteiger partial charge in [0.25, 0.3) is 0 Å². The summed E-state index contributed by atoms with van der Waals surface area (Å²) in [5, 5.41) is 0. The van der Waals surface area contributed by atoms with Gasteiger partial charge in [-0.2, -0.15) is 0 Å². The van der Waals surface area contributed by atoms with E-state index in [-0.39, 0.29) is 0 Å². The summed E-state index contributed by atoms with van der Waals surface area (Å²) in [5.41, 5.74) is 2.73. The molecule has 0 aromatic heterocycles. The van der Waals surface area contributed by atoms with E-state index in [0.717, 1.165) is 37.5 Å². The third kappa shape index (κ3) is 1.97. The van der Waals surface area contributed by atoms with Crippen LogP contribution >= 0.6 is 11.6 Å². The maximum absolute atomic E-state index is 5.64. The first-order valence-electron chi connectivity index (χ1n) is 4.71. The lowest BCUT2D eigenvalue weighted by molar-refractivity contribution is 0.357. The van der Waals surface area contributed by atoms with Gasteiger partial charge in [-0.1, -0.05) is 12.1 Å². The number of hydrogen-bond donors (Lipinski definition) is 0. The fourth-order valence-corrected chi connectivity index (χ4v) is 1.80. The first kappa shape index (κ1) is 8.89. The Kier molecular flexibility index (Phi) is 2.74. The van der Waals surface area contributed by atoms with Crippen LogP contribution in [0.1, 0.15) is 17.5 Å². The summed E-state index contributed by atoms with van der Waals surface area (Å²) in [6.07, 6.45) is 3.20. The van der Waals surface area contributed by atoms with Crippen LogP contribution in [0.4, 0.5) is 0 Å². The smallest absolute Gasteiger partial charge is 0.122 e. The lowest BCUT2D eigenvalue weighted by Gasteiger charge is -2.02. The van der Waals surface area contributed by atoms with Crippen molar-refractivity contribution in [1.82, 2.24) is 0 Å². The van der Waals surface area contributed by atoms with Crippen LogP contribution in [0.5, 0.6) is 5.75 Å². The average molecular weight is 197 g/mol. The Hall–Kier alpha value is -0.690. The van der Waals surface area contributed by atoms with E-state index in [1.54, 1.807) is 0 Å². The summed E-state index contributed by atoms with van der Waals surface area (Å²) in [6, 6.07) is 6.46. The Morgan fingerprint density at radius 1 is 1.38 bits per heavy atom. The highest BCUT2D eigenvalue weighted by Gasteiger charge is 2.11. The zero-order valence-corrected chi connectivity index (χ0v) is 8.31. The van der Waals surface area contributed by atoms with Crippen molar-refractivity contribution in [1.29, 1.82) is 0 Å². The predicted octanol–water partition coefficient (Wildman–Crippen LogP) is 2.79. The largest absolute Gasteiger partial charge is 0.493 e. The van der Waals surface area contributed by atoms with Crippen molar-refractivity contribution in [3.63, 3.8) is 0 Å². The Bertz CT molecular complexity index is 296. The molecule has 0 spiro atoms. The highest BCUT2D eigenvalue weighted by molar-refractivity contribution is 6.17. The van der Waals surface area contributed by atoms with Crippen LogP contribution in [0.25, 0.3) is 0 Å². The van der Waals surface area contributed by atoms with Crippen LogP contribution in [0.3, 0.4) is 0 Å². The number of rotatable bonds is 3. The van der Waals surface area contributed by atoms with E-state index in [1.807, 2.05) is 0 Å². The Morgan fingerprint density at radius 2 is 2.31 bits per heavy atom. The fourth-order valence-electron chi connectivity index (χ4n) is 1.67. The molecule has 2 rings (SSSR count). The fraction of sp³-hybridized carbons (Fsp3) is 0.455. The summed E-state index contributed by atoms with van der Waals surface area (Å²) < 4.78 is 5.43. The van der Waals surface area contributed by atoms with Crippen molar-refractivity contribution in [3.05, 3.63) is 29.3 Å². The molecule has 0 saturated carbocycles. The number of hydrogen-bond acceptors (Lipinski definition) is 1. The lowest BCUT2D eigenvalue weighted by Crippen LogP contribution is -1.87. The predicted molar refractivity (Wildman–Crippen MR) is 54.7 cm³/mol. The normalized spacial score (nSPS) is 13.9. The molecule has 0 aliphatic carbocycles. The average Bonchev–Trinajstić information content (AvgIpc) is 2.61.